The van der Waals surface area contributed by atoms with Crippen LogP contribution >= 0.6 is 11.8 Å². The Bertz CT molecular complexity index is 248. The average Bonchev–Trinajstić information content (AvgIpc) is 3.14. The lowest BCUT2D eigenvalue weighted by molar-refractivity contribution is -0.121. The minimum Gasteiger partial charge on any atom is -0.353 e. The van der Waals surface area contributed by atoms with E-state index in [1.165, 1.54) is 25.7 Å². The van der Waals surface area contributed by atoms with E-state index in [9.17, 15) is 4.79 Å². The monoisotopic (exact) mass is 256 g/mol. The molecule has 4 heteroatoms. The standard InChI is InChI=1S/C13H24N2OS/c1-17-12-6-4-11(5-7-12)15-13(16)8-9-14-10-2-3-10/h10-12,14H,2-9H2,1H3,(H,15,16). The van der Waals surface area contributed by atoms with E-state index in [1.54, 1.807) is 0 Å². The SMILES string of the molecule is CSC1CCC(NC(=O)CCNC2CC2)CC1. The number of thioether (sulfide) groups is 1. The Morgan fingerprint density at radius 2 is 1.76 bits per heavy atom. The second kappa shape index (κ2) is 6.64. The summed E-state index contributed by atoms with van der Waals surface area (Å²) in [4.78, 5) is 11.7. The first kappa shape index (κ1) is 13.2. The lowest BCUT2D eigenvalue weighted by atomic mass is 9.95. The number of carbonyl (C=O) groups is 1. The molecule has 0 aromatic carbocycles. The van der Waals surface area contributed by atoms with Gasteiger partial charge in [-0.25, -0.2) is 0 Å². The molecule has 0 bridgehead atoms. The van der Waals surface area contributed by atoms with Gasteiger partial charge in [0.2, 0.25) is 5.91 Å². The van der Waals surface area contributed by atoms with E-state index in [0.29, 0.717) is 18.5 Å². The van der Waals surface area contributed by atoms with Crippen molar-refractivity contribution in [3.63, 3.8) is 0 Å². The molecule has 98 valence electrons. The summed E-state index contributed by atoms with van der Waals surface area (Å²) in [5.74, 6) is 0.228. The van der Waals surface area contributed by atoms with Crippen molar-refractivity contribution >= 4 is 17.7 Å². The number of rotatable bonds is 6. The van der Waals surface area contributed by atoms with Crippen LogP contribution in [0.5, 0.6) is 0 Å². The van der Waals surface area contributed by atoms with Crippen LogP contribution in [-0.2, 0) is 4.79 Å². The molecule has 0 atom stereocenters. The molecule has 1 amide bonds. The van der Waals surface area contributed by atoms with Crippen LogP contribution in [0.2, 0.25) is 0 Å². The van der Waals surface area contributed by atoms with E-state index < -0.39 is 0 Å². The number of hydrogen-bond donors (Lipinski definition) is 2. The van der Waals surface area contributed by atoms with E-state index in [0.717, 1.165) is 24.6 Å². The van der Waals surface area contributed by atoms with E-state index >= 15 is 0 Å². The fourth-order valence-corrected chi connectivity index (χ4v) is 3.16. The molecule has 2 saturated carbocycles. The van der Waals surface area contributed by atoms with Crippen molar-refractivity contribution in [3.8, 4) is 0 Å². The maximum absolute atomic E-state index is 11.7. The zero-order valence-electron chi connectivity index (χ0n) is 10.7. The topological polar surface area (TPSA) is 41.1 Å². The van der Waals surface area contributed by atoms with Gasteiger partial charge in [0.25, 0.3) is 0 Å². The quantitative estimate of drug-likeness (QED) is 0.763. The first-order valence-electron chi connectivity index (χ1n) is 6.83. The first-order valence-corrected chi connectivity index (χ1v) is 8.12. The zero-order chi connectivity index (χ0) is 12.1. The number of nitrogens with one attached hydrogen (secondary N) is 2. The Hall–Kier alpha value is -0.220. The fraction of sp³-hybridized carbons (Fsp3) is 0.923. The largest absolute Gasteiger partial charge is 0.353 e. The fourth-order valence-electron chi connectivity index (χ4n) is 2.42. The van der Waals surface area contributed by atoms with Crippen LogP contribution in [0.4, 0.5) is 0 Å². The summed E-state index contributed by atoms with van der Waals surface area (Å²) in [6, 6.07) is 1.15. The number of hydrogen-bond acceptors (Lipinski definition) is 3. The summed E-state index contributed by atoms with van der Waals surface area (Å²) in [6.45, 7) is 0.844. The van der Waals surface area contributed by atoms with Gasteiger partial charge in [-0.15, -0.1) is 0 Å². The Morgan fingerprint density at radius 1 is 1.12 bits per heavy atom. The Balaban J connectivity index is 1.55. The van der Waals surface area contributed by atoms with Gasteiger partial charge in [-0.3, -0.25) is 4.79 Å². The van der Waals surface area contributed by atoms with Gasteiger partial charge in [0, 0.05) is 30.3 Å². The summed E-state index contributed by atoms with van der Waals surface area (Å²) in [5, 5.41) is 7.37. The van der Waals surface area contributed by atoms with Crippen molar-refractivity contribution in [3.05, 3.63) is 0 Å². The molecule has 0 saturated heterocycles. The molecule has 0 aliphatic heterocycles. The molecule has 0 heterocycles. The molecule has 0 radical (unpaired) electrons. The van der Waals surface area contributed by atoms with Gasteiger partial charge in [-0.1, -0.05) is 0 Å². The van der Waals surface area contributed by atoms with E-state index in [2.05, 4.69) is 16.9 Å². The molecule has 2 N–H and O–H groups in total. The van der Waals surface area contributed by atoms with Gasteiger partial charge >= 0.3 is 0 Å². The highest BCUT2D eigenvalue weighted by Crippen LogP contribution is 2.26. The second-order valence-electron chi connectivity index (χ2n) is 5.26. The molecule has 0 aromatic rings. The van der Waals surface area contributed by atoms with Crippen molar-refractivity contribution < 1.29 is 4.79 Å². The third-order valence-electron chi connectivity index (χ3n) is 3.74. The predicted octanol–water partition coefficient (Wildman–Crippen LogP) is 1.92. The van der Waals surface area contributed by atoms with Gasteiger partial charge in [-0.2, -0.15) is 11.8 Å². The summed E-state index contributed by atoms with van der Waals surface area (Å²) in [7, 11) is 0. The molecule has 17 heavy (non-hydrogen) atoms. The Labute approximate surface area is 108 Å². The smallest absolute Gasteiger partial charge is 0.221 e. The van der Waals surface area contributed by atoms with Gasteiger partial charge in [0.05, 0.1) is 0 Å². The lowest BCUT2D eigenvalue weighted by Gasteiger charge is -2.28. The van der Waals surface area contributed by atoms with Crippen molar-refractivity contribution in [2.45, 2.75) is 62.3 Å². The number of amides is 1. The van der Waals surface area contributed by atoms with Gasteiger partial charge in [0.1, 0.15) is 0 Å². The van der Waals surface area contributed by atoms with E-state index in [4.69, 9.17) is 0 Å². The number of carbonyl (C=O) groups excluding carboxylic acids is 1. The maximum atomic E-state index is 11.7. The van der Waals surface area contributed by atoms with Crippen LogP contribution in [0.1, 0.15) is 44.9 Å². The molecule has 2 rings (SSSR count). The summed E-state index contributed by atoms with van der Waals surface area (Å²) in [6.07, 6.45) is 10.2. The summed E-state index contributed by atoms with van der Waals surface area (Å²) < 4.78 is 0. The first-order chi connectivity index (χ1) is 8.28. The van der Waals surface area contributed by atoms with Crippen LogP contribution in [0, 0.1) is 0 Å². The summed E-state index contributed by atoms with van der Waals surface area (Å²) in [5.41, 5.74) is 0. The van der Waals surface area contributed by atoms with E-state index in [-0.39, 0.29) is 5.91 Å². The van der Waals surface area contributed by atoms with Crippen molar-refractivity contribution in [1.29, 1.82) is 0 Å². The third kappa shape index (κ3) is 4.88. The molecular formula is C13H24N2OS. The minimum atomic E-state index is 0.228. The van der Waals surface area contributed by atoms with Crippen LogP contribution in [0.25, 0.3) is 0 Å². The molecule has 3 nitrogen and oxygen atoms in total. The zero-order valence-corrected chi connectivity index (χ0v) is 11.5. The third-order valence-corrected chi connectivity index (χ3v) is 4.87. The van der Waals surface area contributed by atoms with Crippen LogP contribution in [-0.4, -0.2) is 36.0 Å². The van der Waals surface area contributed by atoms with Crippen LogP contribution in [0.3, 0.4) is 0 Å². The van der Waals surface area contributed by atoms with Crippen LogP contribution in [0.15, 0.2) is 0 Å². The Kier molecular flexibility index (Phi) is 5.16. The molecule has 0 aromatic heterocycles. The van der Waals surface area contributed by atoms with Crippen molar-refractivity contribution in [2.75, 3.05) is 12.8 Å². The van der Waals surface area contributed by atoms with Gasteiger partial charge < -0.3 is 10.6 Å². The highest BCUT2D eigenvalue weighted by atomic mass is 32.2. The molecule has 2 aliphatic carbocycles. The Morgan fingerprint density at radius 3 is 2.35 bits per heavy atom. The van der Waals surface area contributed by atoms with E-state index in [1.807, 2.05) is 11.8 Å². The molecule has 2 fully saturated rings. The molecule has 0 unspecified atom stereocenters. The second-order valence-corrected chi connectivity index (χ2v) is 6.39. The minimum absolute atomic E-state index is 0.228. The molecule has 0 spiro atoms. The molecular weight excluding hydrogens is 232 g/mol. The maximum Gasteiger partial charge on any atom is 0.221 e. The van der Waals surface area contributed by atoms with Crippen molar-refractivity contribution in [2.24, 2.45) is 0 Å². The summed E-state index contributed by atoms with van der Waals surface area (Å²) >= 11 is 1.97. The average molecular weight is 256 g/mol. The van der Waals surface area contributed by atoms with Gasteiger partial charge in [0.15, 0.2) is 0 Å². The van der Waals surface area contributed by atoms with Crippen molar-refractivity contribution in [1.82, 2.24) is 10.6 Å². The highest BCUT2D eigenvalue weighted by molar-refractivity contribution is 7.99. The normalized spacial score (nSPS) is 29.0. The highest BCUT2D eigenvalue weighted by Gasteiger charge is 2.22. The predicted molar refractivity (Wildman–Crippen MR) is 73.3 cm³/mol. The van der Waals surface area contributed by atoms with Crippen LogP contribution < -0.4 is 10.6 Å². The lowest BCUT2D eigenvalue weighted by Crippen LogP contribution is -2.39. The van der Waals surface area contributed by atoms with Gasteiger partial charge in [-0.05, 0) is 44.8 Å². The molecule has 2 aliphatic rings.